The molecule has 1 fully saturated rings. The quantitative estimate of drug-likeness (QED) is 0.133. The van der Waals surface area contributed by atoms with Crippen molar-refractivity contribution < 1.29 is 56.3 Å². The highest BCUT2D eigenvalue weighted by atomic mass is 31.3. The van der Waals surface area contributed by atoms with E-state index in [1.165, 1.54) is 0 Å². The summed E-state index contributed by atoms with van der Waals surface area (Å²) in [5, 5.41) is 11.8. The number of pyridine rings is 2. The van der Waals surface area contributed by atoms with Crippen molar-refractivity contribution in [1.82, 2.24) is 9.97 Å². The van der Waals surface area contributed by atoms with Gasteiger partial charge in [-0.2, -0.15) is 8.62 Å². The Bertz CT molecular complexity index is 1610. The molecular formula is C21H28N3O13P3. The van der Waals surface area contributed by atoms with E-state index in [1.807, 2.05) is 38.1 Å². The summed E-state index contributed by atoms with van der Waals surface area (Å²) in [4.78, 5) is 58.4. The Morgan fingerprint density at radius 3 is 2.38 bits per heavy atom. The van der Waals surface area contributed by atoms with E-state index in [9.17, 15) is 33.4 Å². The van der Waals surface area contributed by atoms with Crippen LogP contribution in [0.4, 0.5) is 5.69 Å². The van der Waals surface area contributed by atoms with Crippen molar-refractivity contribution in [2.75, 3.05) is 24.6 Å². The van der Waals surface area contributed by atoms with Crippen LogP contribution in [0.2, 0.25) is 0 Å². The summed E-state index contributed by atoms with van der Waals surface area (Å²) in [7, 11) is -16.6. The minimum atomic E-state index is -5.69. The van der Waals surface area contributed by atoms with Crippen LogP contribution in [0.3, 0.4) is 0 Å². The van der Waals surface area contributed by atoms with Gasteiger partial charge in [-0.25, -0.2) is 18.7 Å². The predicted octanol–water partition coefficient (Wildman–Crippen LogP) is 2.46. The summed E-state index contributed by atoms with van der Waals surface area (Å²) in [6.45, 7) is 4.91. The molecule has 16 nitrogen and oxygen atoms in total. The number of aliphatic hydroxyl groups excluding tert-OH is 1. The standard InChI is InChI=1S/C21H28N3O13P3/c1-3-24(4-2)14-6-5-12-7-13-8-15(21(26)23-20(13)22-16(12)9-14)18-10-17(25)19(35-18)11-34-39(30,31)37-40(32,33)36-38(27,28)29/h5-9,17-19,25H,3-4,10-11H2,1-2H3,(H,30,31)(H,32,33)(H,22,23,26)(H2,27,28,29)/t17?,18-,19-/m1/s1. The molecule has 0 amide bonds. The second kappa shape index (κ2) is 11.7. The lowest BCUT2D eigenvalue weighted by molar-refractivity contribution is -0.0223. The average molecular weight is 623 g/mol. The Morgan fingerprint density at radius 2 is 1.73 bits per heavy atom. The van der Waals surface area contributed by atoms with Crippen LogP contribution in [-0.2, 0) is 31.6 Å². The molecular weight excluding hydrogens is 595 g/mol. The zero-order valence-electron chi connectivity index (χ0n) is 21.2. The Morgan fingerprint density at radius 1 is 1.02 bits per heavy atom. The molecule has 0 bridgehead atoms. The lowest BCUT2D eigenvalue weighted by Gasteiger charge is -2.21. The predicted molar refractivity (Wildman–Crippen MR) is 141 cm³/mol. The third-order valence-electron chi connectivity index (χ3n) is 6.15. The third-order valence-corrected chi connectivity index (χ3v) is 9.96. The minimum Gasteiger partial charge on any atom is -0.390 e. The van der Waals surface area contributed by atoms with Crippen molar-refractivity contribution in [2.24, 2.45) is 0 Å². The van der Waals surface area contributed by atoms with Gasteiger partial charge in [0.15, 0.2) is 0 Å². The van der Waals surface area contributed by atoms with E-state index in [0.717, 1.165) is 24.2 Å². The summed E-state index contributed by atoms with van der Waals surface area (Å²) in [5.41, 5.74) is 1.68. The van der Waals surface area contributed by atoms with Gasteiger partial charge in [-0.05, 0) is 38.1 Å². The van der Waals surface area contributed by atoms with Crippen molar-refractivity contribution in [3.8, 4) is 0 Å². The van der Waals surface area contributed by atoms with Crippen molar-refractivity contribution in [3.63, 3.8) is 0 Å². The molecule has 40 heavy (non-hydrogen) atoms. The van der Waals surface area contributed by atoms with E-state index in [1.54, 1.807) is 6.07 Å². The van der Waals surface area contributed by atoms with Crippen molar-refractivity contribution in [3.05, 3.63) is 46.2 Å². The molecule has 0 saturated carbocycles. The van der Waals surface area contributed by atoms with Crippen LogP contribution < -0.4 is 10.5 Å². The molecule has 1 saturated heterocycles. The maximum absolute atomic E-state index is 12.9. The Balaban J connectivity index is 1.50. The van der Waals surface area contributed by atoms with Gasteiger partial charge in [0.2, 0.25) is 0 Å². The van der Waals surface area contributed by atoms with Crippen LogP contribution in [-0.4, -0.2) is 66.6 Å². The van der Waals surface area contributed by atoms with Gasteiger partial charge in [0.05, 0.1) is 24.3 Å². The molecule has 3 heterocycles. The number of benzene rings is 1. The molecule has 0 spiro atoms. The summed E-state index contributed by atoms with van der Waals surface area (Å²) in [5.74, 6) is 0. The van der Waals surface area contributed by atoms with E-state index in [4.69, 9.17) is 14.5 Å². The van der Waals surface area contributed by atoms with Gasteiger partial charge in [-0.15, -0.1) is 0 Å². The number of H-pyrrole nitrogens is 1. The number of hydrogen-bond acceptors (Lipinski definition) is 11. The van der Waals surface area contributed by atoms with E-state index >= 15 is 0 Å². The summed E-state index contributed by atoms with van der Waals surface area (Å²) in [6.07, 6.45) is -3.58. The fraction of sp³-hybridized carbons (Fsp3) is 0.429. The number of nitrogens with one attached hydrogen (secondary N) is 1. The lowest BCUT2D eigenvalue weighted by Crippen LogP contribution is -2.26. The molecule has 1 aromatic carbocycles. The Labute approximate surface area is 227 Å². The highest BCUT2D eigenvalue weighted by Gasteiger charge is 2.43. The van der Waals surface area contributed by atoms with Crippen LogP contribution in [0, 0.1) is 0 Å². The number of fused-ring (bicyclic) bond motifs is 2. The molecule has 0 radical (unpaired) electrons. The number of rotatable bonds is 11. The van der Waals surface area contributed by atoms with Gasteiger partial charge in [-0.1, -0.05) is 6.07 Å². The minimum absolute atomic E-state index is 0.0900. The van der Waals surface area contributed by atoms with Crippen LogP contribution in [0.5, 0.6) is 0 Å². The number of aliphatic hydroxyl groups is 1. The molecule has 5 atom stereocenters. The van der Waals surface area contributed by atoms with E-state index in [-0.39, 0.29) is 12.0 Å². The third kappa shape index (κ3) is 7.42. The van der Waals surface area contributed by atoms with E-state index in [2.05, 4.69) is 28.0 Å². The number of phosphoric acid groups is 3. The largest absolute Gasteiger partial charge is 0.490 e. The number of aromatic amines is 1. The normalized spacial score (nSPS) is 22.8. The monoisotopic (exact) mass is 623 g/mol. The first-order valence-electron chi connectivity index (χ1n) is 11.9. The fourth-order valence-electron chi connectivity index (χ4n) is 4.37. The van der Waals surface area contributed by atoms with Crippen molar-refractivity contribution in [2.45, 2.75) is 38.6 Å². The van der Waals surface area contributed by atoms with E-state index < -0.39 is 53.9 Å². The van der Waals surface area contributed by atoms with Gasteiger partial charge < -0.3 is 39.3 Å². The number of phosphoric ester groups is 1. The van der Waals surface area contributed by atoms with Crippen LogP contribution in [0.1, 0.15) is 31.9 Å². The molecule has 3 aromatic rings. The van der Waals surface area contributed by atoms with E-state index in [0.29, 0.717) is 16.6 Å². The molecule has 19 heteroatoms. The maximum Gasteiger partial charge on any atom is 0.490 e. The van der Waals surface area contributed by atoms with Crippen LogP contribution in [0.25, 0.3) is 21.9 Å². The number of nitrogens with zero attached hydrogens (tertiary/aromatic N) is 2. The topological polar surface area (TPSA) is 238 Å². The Hall–Kier alpha value is -2.03. The van der Waals surface area contributed by atoms with Crippen LogP contribution in [0.15, 0.2) is 35.1 Å². The van der Waals surface area contributed by atoms with Crippen molar-refractivity contribution >= 4 is 51.1 Å². The smallest absolute Gasteiger partial charge is 0.390 e. The zero-order valence-corrected chi connectivity index (χ0v) is 23.9. The van der Waals surface area contributed by atoms with Crippen molar-refractivity contribution in [1.29, 1.82) is 0 Å². The fourth-order valence-corrected chi connectivity index (χ4v) is 7.40. The number of anilines is 1. The molecule has 1 aliphatic heterocycles. The molecule has 3 unspecified atom stereocenters. The van der Waals surface area contributed by atoms with Gasteiger partial charge in [0.25, 0.3) is 5.56 Å². The van der Waals surface area contributed by atoms with Gasteiger partial charge in [0.1, 0.15) is 11.8 Å². The maximum atomic E-state index is 12.9. The lowest BCUT2D eigenvalue weighted by atomic mass is 10.0. The van der Waals surface area contributed by atoms with Gasteiger partial charge in [-0.3, -0.25) is 9.32 Å². The zero-order chi connectivity index (χ0) is 29.5. The molecule has 4 rings (SSSR count). The second-order valence-electron chi connectivity index (χ2n) is 8.88. The summed E-state index contributed by atoms with van der Waals surface area (Å²) >= 11 is 0. The molecule has 1 aliphatic rings. The number of ether oxygens (including phenoxy) is 1. The number of hydrogen-bond donors (Lipinski definition) is 6. The SMILES string of the molecule is CCN(CC)c1ccc2cc3cc([C@H]4CC(O)[C@@H](COP(=O)(O)OP(=O)(O)OP(=O)(O)O)O4)c(=O)[nH]c3nc2c1. The molecule has 220 valence electrons. The molecule has 2 aromatic heterocycles. The Kier molecular flexibility index (Phi) is 9.03. The summed E-state index contributed by atoms with van der Waals surface area (Å²) < 4.78 is 51.7. The van der Waals surface area contributed by atoms with Gasteiger partial charge >= 0.3 is 23.5 Å². The molecule has 0 aliphatic carbocycles. The highest BCUT2D eigenvalue weighted by molar-refractivity contribution is 7.66. The average Bonchev–Trinajstić information content (AvgIpc) is 3.20. The second-order valence-corrected chi connectivity index (χ2v) is 13.3. The number of aromatic nitrogens is 2. The summed E-state index contributed by atoms with van der Waals surface area (Å²) in [6, 6.07) is 9.26. The highest BCUT2D eigenvalue weighted by Crippen LogP contribution is 2.66. The first-order valence-corrected chi connectivity index (χ1v) is 16.5. The first-order chi connectivity index (χ1) is 18.6. The van der Waals surface area contributed by atoms with Gasteiger partial charge in [0, 0.05) is 41.5 Å². The van der Waals surface area contributed by atoms with Crippen LogP contribution >= 0.6 is 23.5 Å². The first kappa shape index (κ1) is 30.9. The molecule has 6 N–H and O–H groups in total.